The van der Waals surface area contributed by atoms with E-state index in [1.165, 1.54) is 10.6 Å². The van der Waals surface area contributed by atoms with Crippen LogP contribution in [0.2, 0.25) is 0 Å². The van der Waals surface area contributed by atoms with Crippen molar-refractivity contribution in [1.29, 1.82) is 5.26 Å². The maximum absolute atomic E-state index is 12.2. The van der Waals surface area contributed by atoms with E-state index in [2.05, 4.69) is 0 Å². The molecule has 7 heteroatoms. The first-order valence-electron chi connectivity index (χ1n) is 5.92. The average Bonchev–Trinajstić information content (AvgIpc) is 2.86. The van der Waals surface area contributed by atoms with Gasteiger partial charge in [-0.3, -0.25) is 0 Å². The lowest BCUT2D eigenvalue weighted by molar-refractivity contribution is 0.366. The lowest BCUT2D eigenvalue weighted by Crippen LogP contribution is -2.35. The van der Waals surface area contributed by atoms with E-state index >= 15 is 0 Å². The lowest BCUT2D eigenvalue weighted by Gasteiger charge is -2.21. The van der Waals surface area contributed by atoms with E-state index in [9.17, 15) is 8.42 Å². The van der Waals surface area contributed by atoms with Gasteiger partial charge in [-0.15, -0.1) is 11.6 Å². The van der Waals surface area contributed by atoms with Gasteiger partial charge in [0.2, 0.25) is 10.0 Å². The van der Waals surface area contributed by atoms with Crippen molar-refractivity contribution in [2.45, 2.75) is 19.9 Å². The molecule has 19 heavy (non-hydrogen) atoms. The molecule has 0 bridgehead atoms. The molecule has 1 aromatic heterocycles. The molecule has 0 fully saturated rings. The van der Waals surface area contributed by atoms with E-state index in [1.807, 2.05) is 6.07 Å². The molecule has 0 radical (unpaired) electrons. The molecule has 0 spiro atoms. The van der Waals surface area contributed by atoms with Crippen LogP contribution in [-0.2, 0) is 16.6 Å². The van der Waals surface area contributed by atoms with Gasteiger partial charge in [-0.05, 0) is 18.1 Å². The summed E-state index contributed by atoms with van der Waals surface area (Å²) in [5.74, 6) is 0.683. The number of alkyl halides is 1. The second kappa shape index (κ2) is 7.53. The number of nitrogens with zero attached hydrogens (tertiary/aromatic N) is 2. The van der Waals surface area contributed by atoms with Gasteiger partial charge in [-0.1, -0.05) is 6.92 Å². The van der Waals surface area contributed by atoms with Gasteiger partial charge in [-0.25, -0.2) is 8.42 Å². The van der Waals surface area contributed by atoms with Crippen molar-refractivity contribution in [1.82, 2.24) is 4.31 Å². The van der Waals surface area contributed by atoms with Crippen molar-refractivity contribution in [2.24, 2.45) is 5.92 Å². The van der Waals surface area contributed by atoms with Crippen molar-refractivity contribution in [3.8, 4) is 6.07 Å². The van der Waals surface area contributed by atoms with Crippen molar-refractivity contribution >= 4 is 21.6 Å². The topological polar surface area (TPSA) is 74.3 Å². The quantitative estimate of drug-likeness (QED) is 0.690. The first kappa shape index (κ1) is 16.0. The molecule has 0 aliphatic heterocycles. The minimum Gasteiger partial charge on any atom is -0.468 e. The number of furan rings is 1. The van der Waals surface area contributed by atoms with E-state index in [0.717, 1.165) is 0 Å². The summed E-state index contributed by atoms with van der Waals surface area (Å²) in [7, 11) is -3.44. The smallest absolute Gasteiger partial charge is 0.214 e. The molecule has 1 atom stereocenters. The van der Waals surface area contributed by atoms with Crippen LogP contribution in [0.4, 0.5) is 0 Å². The number of sulfonamides is 1. The zero-order valence-corrected chi connectivity index (χ0v) is 12.3. The van der Waals surface area contributed by atoms with E-state index in [1.54, 1.807) is 19.1 Å². The third-order valence-electron chi connectivity index (χ3n) is 2.54. The van der Waals surface area contributed by atoms with E-state index < -0.39 is 10.0 Å². The van der Waals surface area contributed by atoms with E-state index in [4.69, 9.17) is 21.3 Å². The molecule has 0 aromatic carbocycles. The molecular formula is C12H17ClN2O3S. The summed E-state index contributed by atoms with van der Waals surface area (Å²) in [6, 6.07) is 5.36. The Kier molecular flexibility index (Phi) is 6.35. The number of nitriles is 1. The summed E-state index contributed by atoms with van der Waals surface area (Å²) in [5.41, 5.74) is 0. The Hall–Kier alpha value is -1.03. The Morgan fingerprint density at radius 2 is 2.32 bits per heavy atom. The van der Waals surface area contributed by atoms with Crippen LogP contribution < -0.4 is 0 Å². The van der Waals surface area contributed by atoms with Crippen molar-refractivity contribution in [2.75, 3.05) is 18.2 Å². The molecule has 0 aliphatic rings. The summed E-state index contributed by atoms with van der Waals surface area (Å²) in [6.07, 6.45) is 1.64. The first-order valence-corrected chi connectivity index (χ1v) is 8.07. The number of hydrogen-bond donors (Lipinski definition) is 0. The Labute approximate surface area is 118 Å². The van der Waals surface area contributed by atoms with Crippen LogP contribution in [0.25, 0.3) is 0 Å². The predicted octanol–water partition coefficient (Wildman–Crippen LogP) is 2.20. The van der Waals surface area contributed by atoms with Crippen LogP contribution in [-0.4, -0.2) is 30.9 Å². The highest BCUT2D eigenvalue weighted by atomic mass is 35.5. The van der Waals surface area contributed by atoms with Gasteiger partial charge in [-0.2, -0.15) is 9.57 Å². The van der Waals surface area contributed by atoms with Gasteiger partial charge in [0.15, 0.2) is 0 Å². The molecule has 1 aromatic rings. The minimum atomic E-state index is -3.44. The zero-order chi connectivity index (χ0) is 14.3. The summed E-state index contributed by atoms with van der Waals surface area (Å²) in [6.45, 7) is 2.08. The zero-order valence-electron chi connectivity index (χ0n) is 10.8. The molecule has 1 unspecified atom stereocenters. The highest BCUT2D eigenvalue weighted by molar-refractivity contribution is 7.89. The molecule has 0 aliphatic carbocycles. The third kappa shape index (κ3) is 5.23. The lowest BCUT2D eigenvalue weighted by atomic mass is 10.3. The summed E-state index contributed by atoms with van der Waals surface area (Å²) < 4.78 is 30.9. The van der Waals surface area contributed by atoms with Crippen molar-refractivity contribution in [3.05, 3.63) is 24.2 Å². The standard InChI is InChI=1S/C12H17ClN2O3S/c1-11(8-13)10-19(16,17)15(6-3-5-14)9-12-4-2-7-18-12/h2,4,7,11H,3,6,8-10H2,1H3. The molecule has 0 saturated heterocycles. The maximum atomic E-state index is 12.2. The van der Waals surface area contributed by atoms with E-state index in [0.29, 0.717) is 5.76 Å². The molecule has 5 nitrogen and oxygen atoms in total. The average molecular weight is 305 g/mol. The molecule has 106 valence electrons. The van der Waals surface area contributed by atoms with Gasteiger partial charge in [0.05, 0.1) is 24.6 Å². The SMILES string of the molecule is CC(CCl)CS(=O)(=O)N(CCC#N)Cc1ccco1. The molecule has 1 rings (SSSR count). The molecule has 1 heterocycles. The largest absolute Gasteiger partial charge is 0.468 e. The van der Waals surface area contributed by atoms with Crippen LogP contribution in [0.5, 0.6) is 0 Å². The van der Waals surface area contributed by atoms with Crippen molar-refractivity contribution < 1.29 is 12.8 Å². The number of halogens is 1. The predicted molar refractivity (Wildman–Crippen MR) is 73.0 cm³/mol. The van der Waals surface area contributed by atoms with Gasteiger partial charge >= 0.3 is 0 Å². The fourth-order valence-electron chi connectivity index (χ4n) is 1.58. The fraction of sp³-hybridized carbons (Fsp3) is 0.583. The summed E-state index contributed by atoms with van der Waals surface area (Å²) in [5, 5.41) is 8.62. The monoisotopic (exact) mass is 304 g/mol. The second-order valence-corrected chi connectivity index (χ2v) is 6.68. The molecule has 0 saturated carbocycles. The van der Waals surface area contributed by atoms with Crippen LogP contribution in [0.3, 0.4) is 0 Å². The Balaban J connectivity index is 2.80. The van der Waals surface area contributed by atoms with Crippen LogP contribution in [0, 0.1) is 17.2 Å². The van der Waals surface area contributed by atoms with Crippen LogP contribution in [0.1, 0.15) is 19.1 Å². The summed E-state index contributed by atoms with van der Waals surface area (Å²) >= 11 is 5.66. The number of hydrogen-bond acceptors (Lipinski definition) is 4. The van der Waals surface area contributed by atoms with Crippen LogP contribution >= 0.6 is 11.6 Å². The molecule has 0 amide bonds. The first-order chi connectivity index (χ1) is 8.99. The Bertz CT molecular complexity index is 508. The van der Waals surface area contributed by atoms with Crippen molar-refractivity contribution in [3.63, 3.8) is 0 Å². The fourth-order valence-corrected chi connectivity index (χ4v) is 3.56. The van der Waals surface area contributed by atoms with E-state index in [-0.39, 0.29) is 37.1 Å². The van der Waals surface area contributed by atoms with Gasteiger partial charge in [0, 0.05) is 18.8 Å². The molecular weight excluding hydrogens is 288 g/mol. The van der Waals surface area contributed by atoms with Crippen LogP contribution in [0.15, 0.2) is 22.8 Å². The molecule has 0 N–H and O–H groups in total. The van der Waals surface area contributed by atoms with Gasteiger partial charge < -0.3 is 4.42 Å². The summed E-state index contributed by atoms with van der Waals surface area (Å²) in [4.78, 5) is 0. The maximum Gasteiger partial charge on any atom is 0.214 e. The Morgan fingerprint density at radius 3 is 2.84 bits per heavy atom. The van der Waals surface area contributed by atoms with Gasteiger partial charge in [0.1, 0.15) is 5.76 Å². The third-order valence-corrected chi connectivity index (χ3v) is 5.15. The highest BCUT2D eigenvalue weighted by Crippen LogP contribution is 2.14. The minimum absolute atomic E-state index is 0.0252. The Morgan fingerprint density at radius 1 is 1.58 bits per heavy atom. The highest BCUT2D eigenvalue weighted by Gasteiger charge is 2.25. The second-order valence-electron chi connectivity index (χ2n) is 4.36. The number of rotatable bonds is 8. The normalized spacial score (nSPS) is 13.4. The van der Waals surface area contributed by atoms with Gasteiger partial charge in [0.25, 0.3) is 0 Å².